The second-order valence-electron chi connectivity index (χ2n) is 5.48. The van der Waals surface area contributed by atoms with Crippen molar-refractivity contribution in [3.05, 3.63) is 46.0 Å². The molecule has 0 unspecified atom stereocenters. The monoisotopic (exact) mass is 385 g/mol. The molecule has 2 aromatic rings. The minimum Gasteiger partial charge on any atom is -0.309 e. The molecule has 0 saturated heterocycles. The maximum atomic E-state index is 4.35. The normalized spacial score (nSPS) is 11.8. The highest BCUT2D eigenvalue weighted by Crippen LogP contribution is 2.22. The predicted octanol–water partition coefficient (Wildman–Crippen LogP) is 4.28. The third-order valence-corrected chi connectivity index (χ3v) is 3.83. The van der Waals surface area contributed by atoms with Gasteiger partial charge in [0.1, 0.15) is 11.6 Å². The Balaban J connectivity index is 2.38. The van der Waals surface area contributed by atoms with Gasteiger partial charge in [0, 0.05) is 16.4 Å². The van der Waals surface area contributed by atoms with Crippen molar-refractivity contribution in [2.75, 3.05) is 0 Å². The molecule has 19 heavy (non-hydrogen) atoms. The van der Waals surface area contributed by atoms with E-state index in [-0.39, 0.29) is 5.54 Å². The molecule has 0 bridgehead atoms. The number of aromatic nitrogens is 3. The van der Waals surface area contributed by atoms with Crippen LogP contribution < -0.4 is 0 Å². The largest absolute Gasteiger partial charge is 0.309 e. The van der Waals surface area contributed by atoms with Crippen LogP contribution in [-0.4, -0.2) is 14.8 Å². The Morgan fingerprint density at radius 3 is 2.42 bits per heavy atom. The highest BCUT2D eigenvalue weighted by molar-refractivity contribution is 9.10. The molecule has 5 heteroatoms. The fourth-order valence-electron chi connectivity index (χ4n) is 2.16. The van der Waals surface area contributed by atoms with Gasteiger partial charge in [0.15, 0.2) is 0 Å². The molecule has 0 aliphatic rings. The van der Waals surface area contributed by atoms with E-state index in [9.17, 15) is 0 Å². The van der Waals surface area contributed by atoms with Gasteiger partial charge in [0.2, 0.25) is 0 Å². The van der Waals surface area contributed by atoms with Crippen LogP contribution >= 0.6 is 31.9 Å². The van der Waals surface area contributed by atoms with Gasteiger partial charge in [-0.3, -0.25) is 0 Å². The summed E-state index contributed by atoms with van der Waals surface area (Å²) in [6.07, 6.45) is 0.788. The summed E-state index contributed by atoms with van der Waals surface area (Å²) in [6, 6.07) is 8.31. The van der Waals surface area contributed by atoms with Crippen LogP contribution in [0.2, 0.25) is 0 Å². The fraction of sp³-hybridized carbons (Fsp3) is 0.429. The second-order valence-corrected chi connectivity index (χ2v) is 6.96. The minimum absolute atomic E-state index is 0.0199. The van der Waals surface area contributed by atoms with E-state index in [2.05, 4.69) is 79.5 Å². The molecule has 0 saturated carbocycles. The molecule has 2 rings (SSSR count). The first-order valence-corrected chi connectivity index (χ1v) is 8.07. The smallest absolute Gasteiger partial charge is 0.144 e. The van der Waals surface area contributed by atoms with E-state index >= 15 is 0 Å². The standard InChI is InChI=1S/C14H17Br2N3/c1-14(2,3)19-12(17-18-13(19)9-15)8-10-5-4-6-11(16)7-10/h4-7H,8-9H2,1-3H3. The number of benzene rings is 1. The number of rotatable bonds is 3. The molecular formula is C14H17Br2N3. The third-order valence-electron chi connectivity index (χ3n) is 2.84. The van der Waals surface area contributed by atoms with Crippen LogP contribution in [0.5, 0.6) is 0 Å². The van der Waals surface area contributed by atoms with Crippen LogP contribution in [0.4, 0.5) is 0 Å². The summed E-state index contributed by atoms with van der Waals surface area (Å²) in [4.78, 5) is 0. The van der Waals surface area contributed by atoms with Crippen LogP contribution in [0.1, 0.15) is 38.0 Å². The summed E-state index contributed by atoms with van der Waals surface area (Å²) in [7, 11) is 0. The van der Waals surface area contributed by atoms with Gasteiger partial charge in [-0.05, 0) is 38.5 Å². The fourth-order valence-corrected chi connectivity index (χ4v) is 2.97. The van der Waals surface area contributed by atoms with E-state index < -0.39 is 0 Å². The lowest BCUT2D eigenvalue weighted by Gasteiger charge is -2.24. The van der Waals surface area contributed by atoms with Gasteiger partial charge in [0.05, 0.1) is 5.33 Å². The molecule has 102 valence electrons. The van der Waals surface area contributed by atoms with Gasteiger partial charge in [-0.25, -0.2) is 0 Å². The maximum Gasteiger partial charge on any atom is 0.144 e. The van der Waals surface area contributed by atoms with Crippen molar-refractivity contribution in [3.63, 3.8) is 0 Å². The van der Waals surface area contributed by atoms with Crippen LogP contribution in [0.3, 0.4) is 0 Å². The third kappa shape index (κ3) is 3.45. The van der Waals surface area contributed by atoms with Crippen molar-refractivity contribution in [2.24, 2.45) is 0 Å². The highest BCUT2D eigenvalue weighted by Gasteiger charge is 2.22. The molecule has 0 fully saturated rings. The Bertz CT molecular complexity index is 570. The number of hydrogen-bond donors (Lipinski definition) is 0. The Labute approximate surface area is 130 Å². The Hall–Kier alpha value is -0.680. The van der Waals surface area contributed by atoms with Crippen LogP contribution in [0, 0.1) is 0 Å². The molecule has 0 spiro atoms. The molecule has 0 aliphatic carbocycles. The predicted molar refractivity (Wildman–Crippen MR) is 84.6 cm³/mol. The lowest BCUT2D eigenvalue weighted by Crippen LogP contribution is -2.26. The number of alkyl halides is 1. The van der Waals surface area contributed by atoms with E-state index in [4.69, 9.17) is 0 Å². The Morgan fingerprint density at radius 1 is 1.16 bits per heavy atom. The van der Waals surface area contributed by atoms with Crippen LogP contribution in [0.25, 0.3) is 0 Å². The van der Waals surface area contributed by atoms with Crippen molar-refractivity contribution in [2.45, 2.75) is 38.1 Å². The Morgan fingerprint density at radius 2 is 1.84 bits per heavy atom. The van der Waals surface area contributed by atoms with E-state index in [0.29, 0.717) is 0 Å². The molecule has 0 radical (unpaired) electrons. The summed E-state index contributed by atoms with van der Waals surface area (Å²) in [5.74, 6) is 1.97. The van der Waals surface area contributed by atoms with Crippen molar-refractivity contribution in [3.8, 4) is 0 Å². The zero-order chi connectivity index (χ0) is 14.0. The van der Waals surface area contributed by atoms with E-state index in [1.165, 1.54) is 5.56 Å². The van der Waals surface area contributed by atoms with Crippen molar-refractivity contribution < 1.29 is 0 Å². The first-order chi connectivity index (χ1) is 8.91. The second kappa shape index (κ2) is 5.75. The van der Waals surface area contributed by atoms with Crippen LogP contribution in [0.15, 0.2) is 28.7 Å². The minimum atomic E-state index is -0.0199. The molecule has 1 aromatic carbocycles. The summed E-state index contributed by atoms with van der Waals surface area (Å²) < 4.78 is 3.30. The SMILES string of the molecule is CC(C)(C)n1c(CBr)nnc1Cc1cccc(Br)c1. The van der Waals surface area contributed by atoms with Gasteiger partial charge in [-0.2, -0.15) is 0 Å². The molecule has 3 nitrogen and oxygen atoms in total. The van der Waals surface area contributed by atoms with Crippen LogP contribution in [-0.2, 0) is 17.3 Å². The van der Waals surface area contributed by atoms with Crippen molar-refractivity contribution in [1.82, 2.24) is 14.8 Å². The van der Waals surface area contributed by atoms with Crippen molar-refractivity contribution >= 4 is 31.9 Å². The van der Waals surface area contributed by atoms with Gasteiger partial charge >= 0.3 is 0 Å². The first-order valence-electron chi connectivity index (χ1n) is 6.16. The summed E-state index contributed by atoms with van der Waals surface area (Å²) in [6.45, 7) is 6.52. The lowest BCUT2D eigenvalue weighted by atomic mass is 10.1. The van der Waals surface area contributed by atoms with Gasteiger partial charge < -0.3 is 4.57 Å². The Kier molecular flexibility index (Phi) is 4.46. The average molecular weight is 387 g/mol. The zero-order valence-corrected chi connectivity index (χ0v) is 14.5. The van der Waals surface area contributed by atoms with Crippen molar-refractivity contribution in [1.29, 1.82) is 0 Å². The van der Waals surface area contributed by atoms with E-state index in [0.717, 1.165) is 27.9 Å². The summed E-state index contributed by atoms with van der Waals surface area (Å²) >= 11 is 6.98. The van der Waals surface area contributed by atoms with Gasteiger partial charge in [-0.1, -0.05) is 44.0 Å². The van der Waals surface area contributed by atoms with Gasteiger partial charge in [-0.15, -0.1) is 10.2 Å². The van der Waals surface area contributed by atoms with E-state index in [1.807, 2.05) is 12.1 Å². The summed E-state index contributed by atoms with van der Waals surface area (Å²) in [5.41, 5.74) is 1.21. The highest BCUT2D eigenvalue weighted by atomic mass is 79.9. The topological polar surface area (TPSA) is 30.7 Å². The molecule has 0 aliphatic heterocycles. The molecule has 1 aromatic heterocycles. The van der Waals surface area contributed by atoms with Gasteiger partial charge in [0.25, 0.3) is 0 Å². The maximum absolute atomic E-state index is 4.35. The summed E-state index contributed by atoms with van der Waals surface area (Å²) in [5, 5.41) is 9.34. The number of halogens is 2. The van der Waals surface area contributed by atoms with E-state index in [1.54, 1.807) is 0 Å². The quantitative estimate of drug-likeness (QED) is 0.737. The lowest BCUT2D eigenvalue weighted by molar-refractivity contribution is 0.375. The molecule has 0 atom stereocenters. The molecule has 0 N–H and O–H groups in total. The zero-order valence-electron chi connectivity index (χ0n) is 11.3. The number of nitrogens with zero attached hydrogens (tertiary/aromatic N) is 3. The number of hydrogen-bond acceptors (Lipinski definition) is 2. The molecular weight excluding hydrogens is 370 g/mol. The molecule has 0 amide bonds. The molecule has 1 heterocycles. The average Bonchev–Trinajstić information content (AvgIpc) is 2.71. The first kappa shape index (κ1) is 14.7.